The molecule has 1 aromatic carbocycles. The van der Waals surface area contributed by atoms with Gasteiger partial charge in [-0.25, -0.2) is 9.18 Å². The van der Waals surface area contributed by atoms with Crippen LogP contribution in [-0.2, 0) is 27.1 Å². The molecule has 1 aliphatic rings. The Kier molecular flexibility index (Phi) is 6.46. The molecule has 0 aliphatic carbocycles. The van der Waals surface area contributed by atoms with Crippen molar-refractivity contribution in [2.45, 2.75) is 44.8 Å². The summed E-state index contributed by atoms with van der Waals surface area (Å²) in [4.78, 5) is 26.9. The molecule has 0 saturated carbocycles. The smallest absolute Gasteiger partial charge is 0.315 e. The summed E-state index contributed by atoms with van der Waals surface area (Å²) in [5.41, 5.74) is 1.04. The normalized spacial score (nSPS) is 18.0. The first-order chi connectivity index (χ1) is 13.4. The van der Waals surface area contributed by atoms with Gasteiger partial charge in [-0.2, -0.15) is 0 Å². The second kappa shape index (κ2) is 8.84. The molecule has 152 valence electrons. The maximum Gasteiger partial charge on any atom is 0.330 e. The molecular weight excluding hydrogens is 359 g/mol. The van der Waals surface area contributed by atoms with Gasteiger partial charge in [0.2, 0.25) is 0 Å². The molecule has 2 heterocycles. The van der Waals surface area contributed by atoms with E-state index in [4.69, 9.17) is 0 Å². The average Bonchev–Trinajstić information content (AvgIpc) is 3.20. The third-order valence-electron chi connectivity index (χ3n) is 5.68. The molecule has 2 aromatic rings. The van der Waals surface area contributed by atoms with E-state index in [2.05, 4.69) is 17.1 Å². The Hall–Kier alpha value is -2.25. The van der Waals surface area contributed by atoms with Gasteiger partial charge in [0.25, 0.3) is 5.56 Å². The Labute approximate surface area is 164 Å². The molecule has 2 atom stereocenters. The Morgan fingerprint density at radius 2 is 2.11 bits per heavy atom. The third kappa shape index (κ3) is 4.59. The van der Waals surface area contributed by atoms with Crippen molar-refractivity contribution < 1.29 is 4.39 Å². The van der Waals surface area contributed by atoms with Gasteiger partial charge in [0.1, 0.15) is 5.82 Å². The van der Waals surface area contributed by atoms with Crippen molar-refractivity contribution in [3.05, 3.63) is 68.2 Å². The van der Waals surface area contributed by atoms with E-state index in [9.17, 15) is 14.0 Å². The number of hydrogen-bond donors (Lipinski definition) is 1. The van der Waals surface area contributed by atoms with E-state index in [0.717, 1.165) is 42.5 Å². The van der Waals surface area contributed by atoms with Crippen LogP contribution in [0.25, 0.3) is 0 Å². The van der Waals surface area contributed by atoms with E-state index in [1.165, 1.54) is 17.7 Å². The van der Waals surface area contributed by atoms with Crippen LogP contribution in [0, 0.1) is 5.82 Å². The van der Waals surface area contributed by atoms with Gasteiger partial charge < -0.3 is 9.88 Å². The first-order valence-corrected chi connectivity index (χ1v) is 9.83. The summed E-state index contributed by atoms with van der Waals surface area (Å²) in [5.74, 6) is -0.212. The van der Waals surface area contributed by atoms with Gasteiger partial charge in [-0.1, -0.05) is 12.1 Å². The van der Waals surface area contributed by atoms with Crippen LogP contribution in [0.5, 0.6) is 0 Å². The van der Waals surface area contributed by atoms with Crippen LogP contribution in [0.2, 0.25) is 0 Å². The van der Waals surface area contributed by atoms with Gasteiger partial charge in [-0.15, -0.1) is 0 Å². The van der Waals surface area contributed by atoms with Crippen LogP contribution in [0.15, 0.2) is 40.1 Å². The molecule has 0 unspecified atom stereocenters. The minimum absolute atomic E-state index is 0.212. The Morgan fingerprint density at radius 1 is 1.32 bits per heavy atom. The number of hydrogen-bond acceptors (Lipinski definition) is 4. The molecule has 1 fully saturated rings. The van der Waals surface area contributed by atoms with E-state index in [1.54, 1.807) is 25.4 Å². The highest BCUT2D eigenvalue weighted by Crippen LogP contribution is 2.19. The number of aromatic nitrogens is 2. The summed E-state index contributed by atoms with van der Waals surface area (Å²) < 4.78 is 16.1. The quantitative estimate of drug-likeness (QED) is 0.779. The number of halogens is 1. The van der Waals surface area contributed by atoms with E-state index in [0.29, 0.717) is 18.2 Å². The molecule has 0 bridgehead atoms. The predicted octanol–water partition coefficient (Wildman–Crippen LogP) is 1.41. The molecule has 0 spiro atoms. The lowest BCUT2D eigenvalue weighted by Gasteiger charge is -2.34. The lowest BCUT2D eigenvalue weighted by atomic mass is 10.0. The molecule has 0 amide bonds. The van der Waals surface area contributed by atoms with E-state index in [1.807, 2.05) is 6.07 Å². The largest absolute Gasteiger partial charge is 0.330 e. The molecule has 1 N–H and O–H groups in total. The van der Waals surface area contributed by atoms with Crippen molar-refractivity contribution in [1.29, 1.82) is 0 Å². The summed E-state index contributed by atoms with van der Waals surface area (Å²) in [5, 5.41) is 3.39. The zero-order valence-corrected chi connectivity index (χ0v) is 16.8. The molecule has 1 saturated heterocycles. The van der Waals surface area contributed by atoms with E-state index < -0.39 is 0 Å². The molecule has 1 aromatic heterocycles. The second-order valence-electron chi connectivity index (χ2n) is 7.75. The fourth-order valence-corrected chi connectivity index (χ4v) is 3.99. The fraction of sp³-hybridized carbons (Fsp3) is 0.524. The minimum Gasteiger partial charge on any atom is -0.315 e. The number of aryl methyl sites for hydroxylation is 2. The third-order valence-corrected chi connectivity index (χ3v) is 5.68. The van der Waals surface area contributed by atoms with Crippen molar-refractivity contribution in [3.8, 4) is 0 Å². The topological polar surface area (TPSA) is 59.3 Å². The van der Waals surface area contributed by atoms with Crippen LogP contribution in [0.1, 0.15) is 30.9 Å². The van der Waals surface area contributed by atoms with Gasteiger partial charge in [0.05, 0.1) is 0 Å². The monoisotopic (exact) mass is 388 g/mol. The van der Waals surface area contributed by atoms with Crippen molar-refractivity contribution in [3.63, 3.8) is 0 Å². The highest BCUT2D eigenvalue weighted by Gasteiger charge is 2.27. The van der Waals surface area contributed by atoms with Crippen molar-refractivity contribution in [2.75, 3.05) is 13.1 Å². The van der Waals surface area contributed by atoms with Crippen molar-refractivity contribution >= 4 is 0 Å². The molecule has 1 aliphatic heterocycles. The highest BCUT2D eigenvalue weighted by molar-refractivity contribution is 5.16. The predicted molar refractivity (Wildman–Crippen MR) is 108 cm³/mol. The van der Waals surface area contributed by atoms with Crippen LogP contribution < -0.4 is 16.6 Å². The highest BCUT2D eigenvalue weighted by atomic mass is 19.1. The van der Waals surface area contributed by atoms with E-state index in [-0.39, 0.29) is 23.1 Å². The van der Waals surface area contributed by atoms with Gasteiger partial charge in [-0.05, 0) is 50.4 Å². The zero-order valence-electron chi connectivity index (χ0n) is 16.8. The minimum atomic E-state index is -0.318. The molecule has 3 rings (SSSR count). The van der Waals surface area contributed by atoms with E-state index >= 15 is 0 Å². The van der Waals surface area contributed by atoms with Gasteiger partial charge >= 0.3 is 5.69 Å². The molecular formula is C21H29FN4O2. The Morgan fingerprint density at radius 3 is 2.79 bits per heavy atom. The van der Waals surface area contributed by atoms with Crippen LogP contribution in [0.3, 0.4) is 0 Å². The van der Waals surface area contributed by atoms with Gasteiger partial charge in [0, 0.05) is 51.0 Å². The summed E-state index contributed by atoms with van der Waals surface area (Å²) >= 11 is 0. The lowest BCUT2D eigenvalue weighted by molar-refractivity contribution is 0.136. The average molecular weight is 388 g/mol. The molecule has 7 heteroatoms. The van der Waals surface area contributed by atoms with Crippen LogP contribution >= 0.6 is 0 Å². The lowest BCUT2D eigenvalue weighted by Crippen LogP contribution is -2.46. The zero-order chi connectivity index (χ0) is 20.3. The SMILES string of the molecule is C[C@@H](CCc1cccc(F)c1)N(Cc1cn(C)c(=O)n(C)c1=O)[C@H]1CCNC1. The molecule has 0 radical (unpaired) electrons. The maximum absolute atomic E-state index is 13.5. The molecule has 6 nitrogen and oxygen atoms in total. The van der Waals surface area contributed by atoms with Gasteiger partial charge in [0.15, 0.2) is 0 Å². The summed E-state index contributed by atoms with van der Waals surface area (Å²) in [6, 6.07) is 7.28. The molecule has 28 heavy (non-hydrogen) atoms. The number of nitrogens with zero attached hydrogens (tertiary/aromatic N) is 3. The number of rotatable bonds is 7. The van der Waals surface area contributed by atoms with Crippen LogP contribution in [0.4, 0.5) is 4.39 Å². The van der Waals surface area contributed by atoms with Crippen molar-refractivity contribution in [2.24, 2.45) is 14.1 Å². The first kappa shape index (κ1) is 20.5. The number of benzene rings is 1. The summed E-state index contributed by atoms with van der Waals surface area (Å²) in [6.45, 7) is 4.50. The Bertz CT molecular complexity index is 931. The number of nitrogens with one attached hydrogen (secondary N) is 1. The summed E-state index contributed by atoms with van der Waals surface area (Å²) in [7, 11) is 3.18. The maximum atomic E-state index is 13.5. The fourth-order valence-electron chi connectivity index (χ4n) is 3.99. The van der Waals surface area contributed by atoms with Crippen molar-refractivity contribution in [1.82, 2.24) is 19.4 Å². The Balaban J connectivity index is 1.79. The van der Waals surface area contributed by atoms with Gasteiger partial charge in [-0.3, -0.25) is 14.3 Å². The summed E-state index contributed by atoms with van der Waals surface area (Å²) in [6.07, 6.45) is 4.32. The first-order valence-electron chi connectivity index (χ1n) is 9.83. The second-order valence-corrected chi connectivity index (χ2v) is 7.75. The standard InChI is InChI=1S/C21H29FN4O2/c1-15(7-8-16-5-4-6-18(22)11-16)26(19-9-10-23-12-19)14-17-13-24(2)21(28)25(3)20(17)27/h4-6,11,13,15,19,23H,7-10,12,14H2,1-3H3/t15-,19-/m0/s1. The van der Waals surface area contributed by atoms with Crippen LogP contribution in [-0.4, -0.2) is 39.2 Å².